The van der Waals surface area contributed by atoms with E-state index in [9.17, 15) is 14.4 Å². The molecule has 0 saturated heterocycles. The van der Waals surface area contributed by atoms with Crippen LogP contribution in [-0.2, 0) is 33.6 Å². The smallest absolute Gasteiger partial charge is 0.246 e. The lowest BCUT2D eigenvalue weighted by Crippen LogP contribution is -2.56. The molecule has 4 aromatic rings. The highest BCUT2D eigenvalue weighted by Gasteiger charge is 2.34. The van der Waals surface area contributed by atoms with Crippen LogP contribution in [-0.4, -0.2) is 72.8 Å². The molecule has 0 bridgehead atoms. The van der Waals surface area contributed by atoms with Crippen molar-refractivity contribution in [1.29, 1.82) is 0 Å². The van der Waals surface area contributed by atoms with Gasteiger partial charge in [-0.15, -0.1) is 0 Å². The molecule has 0 unspecified atom stereocenters. The number of rotatable bonds is 15. The predicted octanol–water partition coefficient (Wildman–Crippen LogP) is 5.58. The summed E-state index contributed by atoms with van der Waals surface area (Å²) >= 11 is 0. The minimum Gasteiger partial charge on any atom is -0.354 e. The SMILES string of the molecule is CNC(C)(C)CC=CC(=O)N(C)[C@H](Cc1ccc2ccccc2c1)C(=O)N(C)[C@H](Cc1ccccc1)C(=O)NCCc1ccccc1. The van der Waals surface area contributed by atoms with E-state index >= 15 is 0 Å². The van der Waals surface area contributed by atoms with E-state index in [1.165, 1.54) is 15.9 Å². The minimum absolute atomic E-state index is 0.172. The van der Waals surface area contributed by atoms with Crippen LogP contribution in [0.2, 0.25) is 0 Å². The fraction of sp³-hybridized carbons (Fsp3) is 0.325. The summed E-state index contributed by atoms with van der Waals surface area (Å²) in [4.78, 5) is 44.8. The number of nitrogens with zero attached hydrogens (tertiary/aromatic N) is 2. The third kappa shape index (κ3) is 10.1. The van der Waals surface area contributed by atoms with Crippen molar-refractivity contribution in [3.05, 3.63) is 132 Å². The third-order valence-corrected chi connectivity index (χ3v) is 8.85. The first kappa shape index (κ1) is 35.1. The first-order chi connectivity index (χ1) is 22.6. The molecule has 7 nitrogen and oxygen atoms in total. The Labute approximate surface area is 279 Å². The van der Waals surface area contributed by atoms with Crippen molar-refractivity contribution in [3.8, 4) is 0 Å². The highest BCUT2D eigenvalue weighted by atomic mass is 16.2. The maximum absolute atomic E-state index is 14.5. The summed E-state index contributed by atoms with van der Waals surface area (Å²) in [5.74, 6) is -0.790. The molecular weight excluding hydrogens is 584 g/mol. The van der Waals surface area contributed by atoms with Crippen molar-refractivity contribution in [2.45, 2.75) is 57.2 Å². The lowest BCUT2D eigenvalue weighted by atomic mass is 9.98. The zero-order valence-corrected chi connectivity index (χ0v) is 28.3. The Balaban J connectivity index is 1.61. The van der Waals surface area contributed by atoms with Crippen LogP contribution < -0.4 is 10.6 Å². The largest absolute Gasteiger partial charge is 0.354 e. The van der Waals surface area contributed by atoms with E-state index in [1.54, 1.807) is 14.1 Å². The number of amides is 3. The Morgan fingerprint density at radius 2 is 1.32 bits per heavy atom. The second-order valence-electron chi connectivity index (χ2n) is 12.8. The van der Waals surface area contributed by atoms with E-state index in [2.05, 4.69) is 30.5 Å². The number of carbonyl (C=O) groups is 3. The van der Waals surface area contributed by atoms with Crippen molar-refractivity contribution < 1.29 is 14.4 Å². The Kier molecular flexibility index (Phi) is 12.5. The van der Waals surface area contributed by atoms with Gasteiger partial charge in [0.05, 0.1) is 0 Å². The van der Waals surface area contributed by atoms with E-state index < -0.39 is 12.1 Å². The van der Waals surface area contributed by atoms with Crippen LogP contribution in [0.5, 0.6) is 0 Å². The van der Waals surface area contributed by atoms with Crippen LogP contribution in [0.25, 0.3) is 10.8 Å². The summed E-state index contributed by atoms with van der Waals surface area (Å²) in [6.07, 6.45) is 5.36. The molecule has 246 valence electrons. The van der Waals surface area contributed by atoms with Gasteiger partial charge in [-0.05, 0) is 67.3 Å². The average Bonchev–Trinajstić information content (AvgIpc) is 3.09. The van der Waals surface area contributed by atoms with Crippen LogP contribution in [0.4, 0.5) is 0 Å². The van der Waals surface area contributed by atoms with Gasteiger partial charge in [-0.2, -0.15) is 0 Å². The number of fused-ring (bicyclic) bond motifs is 1. The summed E-state index contributed by atoms with van der Waals surface area (Å²) in [7, 11) is 5.22. The molecule has 3 amide bonds. The zero-order chi connectivity index (χ0) is 33.8. The van der Waals surface area contributed by atoms with E-state index in [1.807, 2.05) is 110 Å². The highest BCUT2D eigenvalue weighted by molar-refractivity contribution is 5.95. The summed E-state index contributed by atoms with van der Waals surface area (Å²) in [6.45, 7) is 4.57. The summed E-state index contributed by atoms with van der Waals surface area (Å²) in [5, 5.41) is 8.47. The molecular formula is C40H48N4O3. The standard InChI is InChI=1S/C40H48N4O3/c1-40(2,41-3)25-14-21-37(45)43(4)36(29-32-22-23-33-19-12-13-20-34(33)27-32)39(47)44(5)35(28-31-17-10-7-11-18-31)38(46)42-26-24-30-15-8-6-9-16-30/h6-23,27,35-36,41H,24-26,28-29H2,1-5H3,(H,42,46)/t35-,36-/m1/s1. The number of likely N-dealkylation sites (N-methyl/N-ethyl adjacent to an activating group) is 2. The molecule has 0 aliphatic carbocycles. The Morgan fingerprint density at radius 3 is 1.98 bits per heavy atom. The lowest BCUT2D eigenvalue weighted by molar-refractivity contribution is -0.146. The Morgan fingerprint density at radius 1 is 0.723 bits per heavy atom. The van der Waals surface area contributed by atoms with E-state index in [0.29, 0.717) is 32.2 Å². The first-order valence-electron chi connectivity index (χ1n) is 16.3. The topological polar surface area (TPSA) is 81.8 Å². The third-order valence-electron chi connectivity index (χ3n) is 8.85. The first-order valence-corrected chi connectivity index (χ1v) is 16.3. The van der Waals surface area contributed by atoms with Gasteiger partial charge in [0.25, 0.3) is 0 Å². The highest BCUT2D eigenvalue weighted by Crippen LogP contribution is 2.20. The number of carbonyl (C=O) groups excluding carboxylic acids is 3. The second-order valence-corrected chi connectivity index (χ2v) is 12.8. The maximum atomic E-state index is 14.5. The molecule has 7 heteroatoms. The second kappa shape index (κ2) is 16.7. The summed E-state index contributed by atoms with van der Waals surface area (Å²) < 4.78 is 0. The van der Waals surface area contributed by atoms with Crippen LogP contribution in [0.1, 0.15) is 37.0 Å². The van der Waals surface area contributed by atoms with E-state index in [0.717, 1.165) is 27.5 Å². The van der Waals surface area contributed by atoms with Gasteiger partial charge < -0.3 is 20.4 Å². The van der Waals surface area contributed by atoms with Gasteiger partial charge >= 0.3 is 0 Å². The molecule has 0 heterocycles. The van der Waals surface area contributed by atoms with Gasteiger partial charge in [0, 0.05) is 39.0 Å². The van der Waals surface area contributed by atoms with E-state index in [4.69, 9.17) is 0 Å². The van der Waals surface area contributed by atoms with Crippen molar-refractivity contribution in [2.75, 3.05) is 27.7 Å². The monoisotopic (exact) mass is 632 g/mol. The molecule has 2 N–H and O–H groups in total. The molecule has 4 rings (SSSR count). The van der Waals surface area contributed by atoms with Gasteiger partial charge in [-0.3, -0.25) is 14.4 Å². The zero-order valence-electron chi connectivity index (χ0n) is 28.3. The summed E-state index contributed by atoms with van der Waals surface area (Å²) in [6, 6.07) is 32.3. The Bertz CT molecular complexity index is 1650. The van der Waals surface area contributed by atoms with Gasteiger partial charge in [0.15, 0.2) is 0 Å². The molecule has 47 heavy (non-hydrogen) atoms. The summed E-state index contributed by atoms with van der Waals surface area (Å²) in [5.41, 5.74) is 2.83. The normalized spacial score (nSPS) is 12.9. The van der Waals surface area contributed by atoms with Crippen LogP contribution in [0, 0.1) is 0 Å². The van der Waals surface area contributed by atoms with Crippen molar-refractivity contribution in [1.82, 2.24) is 20.4 Å². The average molecular weight is 633 g/mol. The van der Waals surface area contributed by atoms with E-state index in [-0.39, 0.29) is 23.3 Å². The fourth-order valence-electron chi connectivity index (χ4n) is 5.53. The number of hydrogen-bond acceptors (Lipinski definition) is 4. The van der Waals surface area contributed by atoms with Crippen molar-refractivity contribution >= 4 is 28.5 Å². The minimum atomic E-state index is -0.828. The molecule has 0 saturated carbocycles. The van der Waals surface area contributed by atoms with Crippen molar-refractivity contribution in [3.63, 3.8) is 0 Å². The van der Waals surface area contributed by atoms with Crippen molar-refractivity contribution in [2.24, 2.45) is 0 Å². The van der Waals surface area contributed by atoms with Gasteiger partial charge in [0.2, 0.25) is 17.7 Å². The molecule has 4 aromatic carbocycles. The fourth-order valence-corrected chi connectivity index (χ4v) is 5.53. The Hall–Kier alpha value is -4.75. The van der Waals surface area contributed by atoms with Gasteiger partial charge in [-0.1, -0.05) is 109 Å². The van der Waals surface area contributed by atoms with Crippen LogP contribution >= 0.6 is 0 Å². The molecule has 0 aliphatic heterocycles. The predicted molar refractivity (Wildman–Crippen MR) is 191 cm³/mol. The molecule has 0 fully saturated rings. The quantitative estimate of drug-likeness (QED) is 0.168. The molecule has 0 aromatic heterocycles. The number of nitrogens with one attached hydrogen (secondary N) is 2. The molecule has 0 aliphatic rings. The van der Waals surface area contributed by atoms with Crippen LogP contribution in [0.15, 0.2) is 115 Å². The van der Waals surface area contributed by atoms with Crippen LogP contribution in [0.3, 0.4) is 0 Å². The molecule has 0 spiro atoms. The molecule has 0 radical (unpaired) electrons. The maximum Gasteiger partial charge on any atom is 0.246 e. The van der Waals surface area contributed by atoms with Gasteiger partial charge in [0.1, 0.15) is 12.1 Å². The molecule has 2 atom stereocenters. The number of benzene rings is 4. The number of hydrogen-bond donors (Lipinski definition) is 2. The lowest BCUT2D eigenvalue weighted by Gasteiger charge is -2.34. The van der Waals surface area contributed by atoms with Gasteiger partial charge in [-0.25, -0.2) is 0 Å².